The van der Waals surface area contributed by atoms with Gasteiger partial charge in [-0.3, -0.25) is 0 Å². The molecule has 3 nitrogen and oxygen atoms in total. The molecule has 0 aliphatic heterocycles. The van der Waals surface area contributed by atoms with Crippen molar-refractivity contribution in [2.75, 3.05) is 7.11 Å². The number of allylic oxidation sites excluding steroid dienone is 5. The zero-order chi connectivity index (χ0) is 26.7. The van der Waals surface area contributed by atoms with Crippen LogP contribution in [0, 0.1) is 5.92 Å². The Morgan fingerprint density at radius 2 is 1.62 bits per heavy atom. The molecular formula is C31H48O3. The van der Waals surface area contributed by atoms with Crippen molar-refractivity contribution in [2.45, 2.75) is 80.6 Å². The summed E-state index contributed by atoms with van der Waals surface area (Å²) >= 11 is 0. The van der Waals surface area contributed by atoms with Crippen molar-refractivity contribution in [3.05, 3.63) is 71.9 Å². The van der Waals surface area contributed by atoms with E-state index in [4.69, 9.17) is 4.74 Å². The van der Waals surface area contributed by atoms with Crippen molar-refractivity contribution in [1.29, 1.82) is 0 Å². The second-order valence-corrected chi connectivity index (χ2v) is 7.25. The molecule has 1 N–H and O–H groups in total. The van der Waals surface area contributed by atoms with Crippen LogP contribution in [0.3, 0.4) is 0 Å². The third kappa shape index (κ3) is 8.85. The number of hydrogen-bond acceptors (Lipinski definition) is 3. The zero-order valence-electron chi connectivity index (χ0n) is 23.0. The van der Waals surface area contributed by atoms with E-state index >= 15 is 0 Å². The highest BCUT2D eigenvalue weighted by Gasteiger charge is 2.25. The number of hydrogen-bond donors (Lipinski definition) is 1. The number of rotatable bonds is 12. The Morgan fingerprint density at radius 3 is 2.03 bits per heavy atom. The number of phenolic OH excluding ortho intramolecular Hbond substituents is 1. The largest absolute Gasteiger partial charge is 0.507 e. The quantitative estimate of drug-likeness (QED) is 0.245. The van der Waals surface area contributed by atoms with Crippen molar-refractivity contribution in [3.63, 3.8) is 0 Å². The van der Waals surface area contributed by atoms with Crippen LogP contribution in [0.15, 0.2) is 49.6 Å². The third-order valence-electron chi connectivity index (χ3n) is 5.32. The van der Waals surface area contributed by atoms with E-state index in [1.54, 1.807) is 12.2 Å². The van der Waals surface area contributed by atoms with Gasteiger partial charge in [-0.25, -0.2) is 4.79 Å². The van der Waals surface area contributed by atoms with E-state index in [1.165, 1.54) is 13.2 Å². The van der Waals surface area contributed by atoms with Gasteiger partial charge in [-0.1, -0.05) is 111 Å². The fourth-order valence-electron chi connectivity index (χ4n) is 3.93. The summed E-state index contributed by atoms with van der Waals surface area (Å²) in [5, 5.41) is 10.5. The van der Waals surface area contributed by atoms with Gasteiger partial charge in [0.05, 0.1) is 12.7 Å². The van der Waals surface area contributed by atoms with Crippen LogP contribution in [-0.2, 0) is 4.74 Å². The number of esters is 1. The van der Waals surface area contributed by atoms with Crippen LogP contribution < -0.4 is 0 Å². The van der Waals surface area contributed by atoms with Gasteiger partial charge in [0.2, 0.25) is 0 Å². The molecule has 0 saturated carbocycles. The fourth-order valence-corrected chi connectivity index (χ4v) is 3.93. The molecule has 34 heavy (non-hydrogen) atoms. The predicted molar refractivity (Wildman–Crippen MR) is 152 cm³/mol. The van der Waals surface area contributed by atoms with E-state index < -0.39 is 5.97 Å². The summed E-state index contributed by atoms with van der Waals surface area (Å²) in [5.74, 6) is -0.215. The molecule has 0 aliphatic rings. The standard InChI is InChI=1S/C27H36O3.2C2H6/c1-8-14-17-19(15-9-2)20(11-4)23(16-10-3)26-22(13-6)21(12-5)25(28)18-24(26)27(29)30-7;2*1-2/h10-13,16,18-19,28H,4-6,8-9,14-15,17H2,1-3,7H3;2*1-2H3/b16-10-,23-20-;;. The molecule has 0 bridgehead atoms. The van der Waals surface area contributed by atoms with Gasteiger partial charge in [0.25, 0.3) is 0 Å². The van der Waals surface area contributed by atoms with E-state index in [0.29, 0.717) is 28.2 Å². The summed E-state index contributed by atoms with van der Waals surface area (Å²) in [4.78, 5) is 12.7. The minimum Gasteiger partial charge on any atom is -0.507 e. The lowest BCUT2D eigenvalue weighted by Crippen LogP contribution is -2.11. The van der Waals surface area contributed by atoms with Crippen molar-refractivity contribution in [3.8, 4) is 5.75 Å². The molecule has 1 atom stereocenters. The molecule has 0 saturated heterocycles. The second kappa shape index (κ2) is 19.6. The molecule has 0 spiro atoms. The molecule has 0 fully saturated rings. The van der Waals surface area contributed by atoms with Gasteiger partial charge in [0, 0.05) is 11.1 Å². The van der Waals surface area contributed by atoms with Crippen LogP contribution in [0.4, 0.5) is 0 Å². The molecule has 0 amide bonds. The highest BCUT2D eigenvalue weighted by atomic mass is 16.5. The first-order chi connectivity index (χ1) is 16.4. The Morgan fingerprint density at radius 1 is 1.03 bits per heavy atom. The first-order valence-electron chi connectivity index (χ1n) is 12.7. The first kappa shape index (κ1) is 33.4. The number of carbonyl (C=O) groups excluding carboxylic acids is 1. The van der Waals surface area contributed by atoms with Crippen LogP contribution in [0.1, 0.15) is 108 Å². The number of methoxy groups -OCH3 is 1. The molecule has 1 aromatic carbocycles. The highest BCUT2D eigenvalue weighted by molar-refractivity contribution is 6.01. The van der Waals surface area contributed by atoms with E-state index in [0.717, 1.165) is 43.3 Å². The Labute approximate surface area is 209 Å². The minimum absolute atomic E-state index is 0.0277. The lowest BCUT2D eigenvalue weighted by molar-refractivity contribution is 0.0600. The monoisotopic (exact) mass is 468 g/mol. The maximum atomic E-state index is 12.7. The van der Waals surface area contributed by atoms with E-state index in [2.05, 4.69) is 33.6 Å². The number of carbonyl (C=O) groups is 1. The van der Waals surface area contributed by atoms with Gasteiger partial charge in [-0.05, 0) is 48.5 Å². The Balaban J connectivity index is 0. The Bertz CT molecular complexity index is 841. The summed E-state index contributed by atoms with van der Waals surface area (Å²) < 4.78 is 5.04. The van der Waals surface area contributed by atoms with Crippen molar-refractivity contribution in [1.82, 2.24) is 0 Å². The summed E-state index contributed by atoms with van der Waals surface area (Å²) in [6.07, 6.45) is 14.5. The van der Waals surface area contributed by atoms with Gasteiger partial charge in [-0.2, -0.15) is 0 Å². The normalized spacial score (nSPS) is 11.8. The molecule has 1 aromatic rings. The molecule has 0 aliphatic carbocycles. The Kier molecular flexibility index (Phi) is 19.3. The van der Waals surface area contributed by atoms with E-state index in [1.807, 2.05) is 52.8 Å². The summed E-state index contributed by atoms with van der Waals surface area (Å²) in [7, 11) is 1.34. The number of benzene rings is 1. The van der Waals surface area contributed by atoms with E-state index in [-0.39, 0.29) is 5.75 Å². The molecule has 3 heteroatoms. The number of ether oxygens (including phenoxy) is 1. The molecule has 1 unspecified atom stereocenters. The van der Waals surface area contributed by atoms with Crippen LogP contribution in [0.5, 0.6) is 5.75 Å². The number of aromatic hydroxyl groups is 1. The van der Waals surface area contributed by atoms with Gasteiger partial charge < -0.3 is 9.84 Å². The molecule has 1 rings (SSSR count). The van der Waals surface area contributed by atoms with Crippen molar-refractivity contribution in [2.24, 2.45) is 5.92 Å². The topological polar surface area (TPSA) is 46.5 Å². The maximum absolute atomic E-state index is 12.7. The molecule has 190 valence electrons. The maximum Gasteiger partial charge on any atom is 0.338 e. The van der Waals surface area contributed by atoms with Crippen molar-refractivity contribution < 1.29 is 14.6 Å². The summed E-state index contributed by atoms with van der Waals surface area (Å²) in [6, 6.07) is 1.45. The third-order valence-corrected chi connectivity index (χ3v) is 5.32. The SMILES string of the molecule is C=C/C(=C(\C=C/C)c1c(C(=O)OC)cc(O)c(C=C)c1C=C)C(CCC)CCCC.CC.CC. The van der Waals surface area contributed by atoms with Crippen LogP contribution in [0.25, 0.3) is 17.7 Å². The Hall–Kier alpha value is -2.81. The average molecular weight is 469 g/mol. The van der Waals surface area contributed by atoms with Gasteiger partial charge >= 0.3 is 5.97 Å². The molecule has 0 radical (unpaired) electrons. The van der Waals surface area contributed by atoms with Crippen LogP contribution in [-0.4, -0.2) is 18.2 Å². The van der Waals surface area contributed by atoms with Gasteiger partial charge in [-0.15, -0.1) is 0 Å². The van der Waals surface area contributed by atoms with Gasteiger partial charge in [0.1, 0.15) is 5.75 Å². The summed E-state index contributed by atoms with van der Waals surface area (Å²) in [5.41, 5.74) is 4.18. The summed E-state index contributed by atoms with van der Waals surface area (Å²) in [6.45, 7) is 26.2. The smallest absolute Gasteiger partial charge is 0.338 e. The van der Waals surface area contributed by atoms with Gasteiger partial charge in [0.15, 0.2) is 0 Å². The average Bonchev–Trinajstić information content (AvgIpc) is 2.88. The molecule has 0 heterocycles. The lowest BCUT2D eigenvalue weighted by atomic mass is 9.81. The zero-order valence-corrected chi connectivity index (χ0v) is 23.0. The number of unbranched alkanes of at least 4 members (excludes halogenated alkanes) is 1. The molecule has 0 aromatic heterocycles. The minimum atomic E-state index is -0.509. The van der Waals surface area contributed by atoms with Crippen LogP contribution >= 0.6 is 0 Å². The molecular weight excluding hydrogens is 420 g/mol. The fraction of sp³-hybridized carbons (Fsp3) is 0.452. The van der Waals surface area contributed by atoms with E-state index in [9.17, 15) is 9.90 Å². The first-order valence-corrected chi connectivity index (χ1v) is 12.7. The predicted octanol–water partition coefficient (Wildman–Crippen LogP) is 9.64. The number of phenols is 1. The lowest BCUT2D eigenvalue weighted by Gasteiger charge is -2.24. The second-order valence-electron chi connectivity index (χ2n) is 7.25. The highest BCUT2D eigenvalue weighted by Crippen LogP contribution is 2.39. The van der Waals surface area contributed by atoms with Crippen molar-refractivity contribution >= 4 is 23.7 Å². The van der Waals surface area contributed by atoms with Crippen LogP contribution in [0.2, 0.25) is 0 Å².